The summed E-state index contributed by atoms with van der Waals surface area (Å²) in [5, 5.41) is 10.7. The minimum atomic E-state index is -0.0221. The molecule has 0 spiro atoms. The van der Waals surface area contributed by atoms with E-state index in [0.29, 0.717) is 11.3 Å². The van der Waals surface area contributed by atoms with Gasteiger partial charge in [-0.3, -0.25) is 0 Å². The first-order valence-electron chi connectivity index (χ1n) is 7.10. The fourth-order valence-electron chi connectivity index (χ4n) is 5.67. The summed E-state index contributed by atoms with van der Waals surface area (Å²) in [6.07, 6.45) is 5.31. The van der Waals surface area contributed by atoms with Crippen LogP contribution in [0.15, 0.2) is 0 Å². The Bertz CT molecular complexity index is 309. The van der Waals surface area contributed by atoms with Gasteiger partial charge in [-0.15, -0.1) is 0 Å². The summed E-state index contributed by atoms with van der Waals surface area (Å²) >= 11 is 0. The van der Waals surface area contributed by atoms with Crippen molar-refractivity contribution in [3.63, 3.8) is 0 Å². The van der Waals surface area contributed by atoms with Gasteiger partial charge in [0.1, 0.15) is 0 Å². The van der Waals surface area contributed by atoms with Gasteiger partial charge in [0, 0.05) is 0 Å². The maximum absolute atomic E-state index is 10.7. The molecule has 0 aliphatic heterocycles. The molecule has 6 atom stereocenters. The van der Waals surface area contributed by atoms with E-state index in [1.807, 2.05) is 0 Å². The van der Waals surface area contributed by atoms with Crippen molar-refractivity contribution in [2.75, 3.05) is 0 Å². The van der Waals surface area contributed by atoms with Crippen molar-refractivity contribution in [3.05, 3.63) is 0 Å². The van der Waals surface area contributed by atoms with Gasteiger partial charge in [-0.25, -0.2) is 0 Å². The lowest BCUT2D eigenvalue weighted by Crippen LogP contribution is -2.39. The zero-order chi connectivity index (χ0) is 11.7. The molecule has 0 amide bonds. The van der Waals surface area contributed by atoms with Crippen molar-refractivity contribution in [1.82, 2.24) is 0 Å². The zero-order valence-electron chi connectivity index (χ0n) is 11.2. The molecule has 3 aliphatic rings. The van der Waals surface area contributed by atoms with Gasteiger partial charge in [0.05, 0.1) is 6.10 Å². The molecule has 1 N–H and O–H groups in total. The van der Waals surface area contributed by atoms with E-state index >= 15 is 0 Å². The Labute approximate surface area is 99.6 Å². The summed E-state index contributed by atoms with van der Waals surface area (Å²) in [5.41, 5.74) is 0.675. The molecule has 0 saturated heterocycles. The Hall–Kier alpha value is -0.0400. The Kier molecular flexibility index (Phi) is 2.11. The van der Waals surface area contributed by atoms with Gasteiger partial charge >= 0.3 is 0 Å². The standard InChI is InChI=1S/C15H26O/c1-9(2)10-5-7-14(3)11-6-8-15(14,4)13(16)12(10)11/h9-13,16H,5-8H2,1-4H3/t10-,11-,12-,13+,14+,15+/m0/s1. The average molecular weight is 222 g/mol. The maximum atomic E-state index is 10.7. The molecular formula is C15H26O. The van der Waals surface area contributed by atoms with Crippen molar-refractivity contribution in [3.8, 4) is 0 Å². The molecule has 92 valence electrons. The van der Waals surface area contributed by atoms with Crippen LogP contribution < -0.4 is 0 Å². The second-order valence-electron chi connectivity index (χ2n) is 7.45. The van der Waals surface area contributed by atoms with Gasteiger partial charge in [-0.1, -0.05) is 27.7 Å². The summed E-state index contributed by atoms with van der Waals surface area (Å²) in [6.45, 7) is 9.51. The van der Waals surface area contributed by atoms with Gasteiger partial charge in [-0.2, -0.15) is 0 Å². The quantitative estimate of drug-likeness (QED) is 0.720. The van der Waals surface area contributed by atoms with Crippen molar-refractivity contribution in [2.24, 2.45) is 34.5 Å². The van der Waals surface area contributed by atoms with Crippen LogP contribution in [-0.2, 0) is 0 Å². The molecule has 4 bridgehead atoms. The predicted molar refractivity (Wildman–Crippen MR) is 66.0 cm³/mol. The SMILES string of the molecule is CC(C)[C@@H]1CC[C@]2(C)[C@H]3CC[C@]2(C)[C@H](O)[C@@H]13. The molecule has 0 radical (unpaired) electrons. The average Bonchev–Trinajstić information content (AvgIpc) is 2.53. The summed E-state index contributed by atoms with van der Waals surface area (Å²) in [5.74, 6) is 2.94. The van der Waals surface area contributed by atoms with Crippen LogP contribution in [0.1, 0.15) is 53.4 Å². The largest absolute Gasteiger partial charge is 0.392 e. The van der Waals surface area contributed by atoms with E-state index in [9.17, 15) is 5.11 Å². The Balaban J connectivity index is 2.03. The predicted octanol–water partition coefficient (Wildman–Crippen LogP) is 3.47. The van der Waals surface area contributed by atoms with Crippen LogP contribution in [0.2, 0.25) is 0 Å². The smallest absolute Gasteiger partial charge is 0.0632 e. The third kappa shape index (κ3) is 0.978. The van der Waals surface area contributed by atoms with Gasteiger partial charge in [0.25, 0.3) is 0 Å². The summed E-state index contributed by atoms with van der Waals surface area (Å²) in [6, 6.07) is 0. The normalized spacial score (nSPS) is 59.6. The molecule has 1 heteroatoms. The minimum Gasteiger partial charge on any atom is -0.392 e. The van der Waals surface area contributed by atoms with Crippen LogP contribution >= 0.6 is 0 Å². The van der Waals surface area contributed by atoms with Crippen molar-refractivity contribution < 1.29 is 5.11 Å². The summed E-state index contributed by atoms with van der Waals surface area (Å²) in [7, 11) is 0. The van der Waals surface area contributed by atoms with Gasteiger partial charge < -0.3 is 5.11 Å². The monoisotopic (exact) mass is 222 g/mol. The number of aliphatic hydroxyl groups is 1. The molecule has 0 aromatic rings. The molecule has 0 unspecified atom stereocenters. The maximum Gasteiger partial charge on any atom is 0.0632 e. The number of aliphatic hydroxyl groups excluding tert-OH is 1. The third-order valence-electron chi connectivity index (χ3n) is 6.93. The Morgan fingerprint density at radius 2 is 1.69 bits per heavy atom. The number of hydrogen-bond donors (Lipinski definition) is 1. The van der Waals surface area contributed by atoms with E-state index in [1.165, 1.54) is 25.7 Å². The highest BCUT2D eigenvalue weighted by Gasteiger charge is 2.70. The van der Waals surface area contributed by atoms with Crippen LogP contribution in [0.25, 0.3) is 0 Å². The molecular weight excluding hydrogens is 196 g/mol. The van der Waals surface area contributed by atoms with Crippen molar-refractivity contribution >= 4 is 0 Å². The Morgan fingerprint density at radius 1 is 1.06 bits per heavy atom. The fraction of sp³-hybridized carbons (Fsp3) is 1.00. The first-order valence-corrected chi connectivity index (χ1v) is 7.10. The van der Waals surface area contributed by atoms with Crippen molar-refractivity contribution in [2.45, 2.75) is 59.5 Å². The fourth-order valence-corrected chi connectivity index (χ4v) is 5.67. The Morgan fingerprint density at radius 3 is 2.31 bits per heavy atom. The lowest BCUT2D eigenvalue weighted by Gasteiger charge is -2.43. The van der Waals surface area contributed by atoms with Crippen LogP contribution in [-0.4, -0.2) is 11.2 Å². The highest BCUT2D eigenvalue weighted by Crippen LogP contribution is 2.74. The lowest BCUT2D eigenvalue weighted by atomic mass is 9.61. The highest BCUT2D eigenvalue weighted by molar-refractivity contribution is 5.19. The molecule has 0 heterocycles. The topological polar surface area (TPSA) is 20.2 Å². The van der Waals surface area contributed by atoms with Gasteiger partial charge in [0.2, 0.25) is 0 Å². The van der Waals surface area contributed by atoms with Gasteiger partial charge in [-0.05, 0) is 60.2 Å². The molecule has 0 aromatic carbocycles. The summed E-state index contributed by atoms with van der Waals surface area (Å²) < 4.78 is 0. The number of rotatable bonds is 1. The van der Waals surface area contributed by atoms with Gasteiger partial charge in [0.15, 0.2) is 0 Å². The van der Waals surface area contributed by atoms with E-state index in [0.717, 1.165) is 17.8 Å². The first-order chi connectivity index (χ1) is 7.42. The van der Waals surface area contributed by atoms with Crippen molar-refractivity contribution in [1.29, 1.82) is 0 Å². The molecule has 3 rings (SSSR count). The van der Waals surface area contributed by atoms with E-state index < -0.39 is 0 Å². The second-order valence-corrected chi connectivity index (χ2v) is 7.45. The number of hydrogen-bond acceptors (Lipinski definition) is 1. The molecule has 1 nitrogen and oxygen atoms in total. The van der Waals surface area contributed by atoms with E-state index in [4.69, 9.17) is 0 Å². The lowest BCUT2D eigenvalue weighted by molar-refractivity contribution is -0.0215. The van der Waals surface area contributed by atoms with Crippen LogP contribution in [0.4, 0.5) is 0 Å². The zero-order valence-corrected chi connectivity index (χ0v) is 11.2. The van der Waals surface area contributed by atoms with E-state index in [1.54, 1.807) is 0 Å². The molecule has 0 aromatic heterocycles. The summed E-state index contributed by atoms with van der Waals surface area (Å²) in [4.78, 5) is 0. The van der Waals surface area contributed by atoms with E-state index in [-0.39, 0.29) is 11.5 Å². The second kappa shape index (κ2) is 3.04. The molecule has 3 aliphatic carbocycles. The molecule has 3 saturated carbocycles. The molecule has 16 heavy (non-hydrogen) atoms. The molecule has 3 fully saturated rings. The van der Waals surface area contributed by atoms with Crippen LogP contribution in [0, 0.1) is 34.5 Å². The highest BCUT2D eigenvalue weighted by atomic mass is 16.3. The first kappa shape index (κ1) is 11.1. The minimum absolute atomic E-state index is 0.0221. The third-order valence-corrected chi connectivity index (χ3v) is 6.93. The van der Waals surface area contributed by atoms with E-state index in [2.05, 4.69) is 27.7 Å². The van der Waals surface area contributed by atoms with Crippen LogP contribution in [0.3, 0.4) is 0 Å². The van der Waals surface area contributed by atoms with Crippen LogP contribution in [0.5, 0.6) is 0 Å².